The lowest BCUT2D eigenvalue weighted by Crippen LogP contribution is -2.02. The van der Waals surface area contributed by atoms with E-state index in [4.69, 9.17) is 9.15 Å². The highest BCUT2D eigenvalue weighted by Crippen LogP contribution is 2.26. The zero-order valence-corrected chi connectivity index (χ0v) is 12.6. The number of ketones is 1. The third kappa shape index (κ3) is 2.56. The number of ether oxygens (including phenoxy) is 1. The van der Waals surface area contributed by atoms with Crippen molar-refractivity contribution in [3.63, 3.8) is 0 Å². The van der Waals surface area contributed by atoms with E-state index in [1.807, 2.05) is 0 Å². The topological polar surface area (TPSA) is 39.4 Å². The standard InChI is InChI=1S/C16H10BrFO3/c1-20-11-4-2-9-6-15(21-14(9)8-11)16(19)12-7-10(17)3-5-13(12)18/h2-8H,1H3. The lowest BCUT2D eigenvalue weighted by molar-refractivity contribution is 0.101. The fourth-order valence-electron chi connectivity index (χ4n) is 2.05. The monoisotopic (exact) mass is 348 g/mol. The molecule has 2 aromatic carbocycles. The first-order valence-corrected chi connectivity index (χ1v) is 6.95. The van der Waals surface area contributed by atoms with Gasteiger partial charge in [0.05, 0.1) is 12.7 Å². The molecule has 0 aliphatic rings. The number of hydrogen-bond donors (Lipinski definition) is 0. The van der Waals surface area contributed by atoms with Gasteiger partial charge in [0.2, 0.25) is 5.78 Å². The first kappa shape index (κ1) is 13.8. The summed E-state index contributed by atoms with van der Waals surface area (Å²) in [6, 6.07) is 11.0. The third-order valence-corrected chi connectivity index (χ3v) is 3.62. The smallest absolute Gasteiger partial charge is 0.231 e. The van der Waals surface area contributed by atoms with Crippen LogP contribution in [0.4, 0.5) is 4.39 Å². The zero-order valence-electron chi connectivity index (χ0n) is 11.0. The molecule has 1 aromatic heterocycles. The lowest BCUT2D eigenvalue weighted by Gasteiger charge is -2.00. The number of methoxy groups -OCH3 is 1. The van der Waals surface area contributed by atoms with Crippen LogP contribution < -0.4 is 4.74 Å². The van der Waals surface area contributed by atoms with E-state index < -0.39 is 11.6 Å². The molecule has 3 nitrogen and oxygen atoms in total. The van der Waals surface area contributed by atoms with Gasteiger partial charge in [-0.1, -0.05) is 15.9 Å². The molecule has 1 heterocycles. The molecule has 3 aromatic rings. The van der Waals surface area contributed by atoms with Gasteiger partial charge in [0.25, 0.3) is 0 Å². The molecule has 106 valence electrons. The van der Waals surface area contributed by atoms with Gasteiger partial charge in [-0.2, -0.15) is 0 Å². The van der Waals surface area contributed by atoms with Crippen LogP contribution in [-0.2, 0) is 0 Å². The Morgan fingerprint density at radius 1 is 1.19 bits per heavy atom. The van der Waals surface area contributed by atoms with Crippen molar-refractivity contribution in [2.45, 2.75) is 0 Å². The molecular weight excluding hydrogens is 339 g/mol. The van der Waals surface area contributed by atoms with E-state index >= 15 is 0 Å². The number of fused-ring (bicyclic) bond motifs is 1. The Balaban J connectivity index is 2.07. The van der Waals surface area contributed by atoms with E-state index in [1.54, 1.807) is 31.4 Å². The summed E-state index contributed by atoms with van der Waals surface area (Å²) >= 11 is 3.22. The van der Waals surface area contributed by atoms with Gasteiger partial charge in [0.1, 0.15) is 17.1 Å². The number of carbonyl (C=O) groups excluding carboxylic acids is 1. The second kappa shape index (κ2) is 5.33. The summed E-state index contributed by atoms with van der Waals surface area (Å²) < 4.78 is 25.0. The van der Waals surface area contributed by atoms with Gasteiger partial charge >= 0.3 is 0 Å². The molecule has 0 atom stereocenters. The Morgan fingerprint density at radius 2 is 2.00 bits per heavy atom. The van der Waals surface area contributed by atoms with Gasteiger partial charge in [-0.15, -0.1) is 0 Å². The highest BCUT2D eigenvalue weighted by atomic mass is 79.9. The number of rotatable bonds is 3. The molecule has 0 fully saturated rings. The fraction of sp³-hybridized carbons (Fsp3) is 0.0625. The molecule has 0 radical (unpaired) electrons. The van der Waals surface area contributed by atoms with Gasteiger partial charge in [0.15, 0.2) is 5.76 Å². The zero-order chi connectivity index (χ0) is 15.0. The van der Waals surface area contributed by atoms with Crippen molar-refractivity contribution in [2.75, 3.05) is 7.11 Å². The minimum absolute atomic E-state index is 0.0320. The largest absolute Gasteiger partial charge is 0.497 e. The summed E-state index contributed by atoms with van der Waals surface area (Å²) in [5.41, 5.74) is 0.489. The van der Waals surface area contributed by atoms with Crippen LogP contribution in [0, 0.1) is 5.82 Å². The molecule has 0 amide bonds. The van der Waals surface area contributed by atoms with Gasteiger partial charge in [-0.3, -0.25) is 4.79 Å². The SMILES string of the molecule is COc1ccc2cc(C(=O)c3cc(Br)ccc3F)oc2c1. The van der Waals surface area contributed by atoms with Crippen LogP contribution in [0.5, 0.6) is 5.75 Å². The number of hydrogen-bond acceptors (Lipinski definition) is 3. The molecule has 0 bridgehead atoms. The Hall–Kier alpha value is -2.14. The minimum Gasteiger partial charge on any atom is -0.497 e. The van der Waals surface area contributed by atoms with Crippen molar-refractivity contribution in [1.29, 1.82) is 0 Å². The normalized spacial score (nSPS) is 10.8. The number of carbonyl (C=O) groups is 1. The van der Waals surface area contributed by atoms with E-state index in [1.165, 1.54) is 18.2 Å². The summed E-state index contributed by atoms with van der Waals surface area (Å²) in [6.07, 6.45) is 0. The van der Waals surface area contributed by atoms with Crippen molar-refractivity contribution < 1.29 is 18.3 Å². The number of halogens is 2. The van der Waals surface area contributed by atoms with Crippen molar-refractivity contribution in [2.24, 2.45) is 0 Å². The van der Waals surface area contributed by atoms with Crippen LogP contribution in [-0.4, -0.2) is 12.9 Å². The average Bonchev–Trinajstić information content (AvgIpc) is 2.91. The van der Waals surface area contributed by atoms with E-state index in [2.05, 4.69) is 15.9 Å². The van der Waals surface area contributed by atoms with Crippen LogP contribution >= 0.6 is 15.9 Å². The van der Waals surface area contributed by atoms with Gasteiger partial charge in [0, 0.05) is 15.9 Å². The average molecular weight is 349 g/mol. The molecule has 21 heavy (non-hydrogen) atoms. The molecule has 0 aliphatic heterocycles. The minimum atomic E-state index is -0.582. The van der Waals surface area contributed by atoms with E-state index in [-0.39, 0.29) is 11.3 Å². The van der Waals surface area contributed by atoms with Crippen LogP contribution in [0.25, 0.3) is 11.0 Å². The molecule has 0 N–H and O–H groups in total. The lowest BCUT2D eigenvalue weighted by atomic mass is 10.1. The first-order chi connectivity index (χ1) is 10.1. The summed E-state index contributed by atoms with van der Waals surface area (Å²) in [5.74, 6) is -0.357. The van der Waals surface area contributed by atoms with Crippen molar-refractivity contribution in [1.82, 2.24) is 0 Å². The first-order valence-electron chi connectivity index (χ1n) is 6.16. The second-order valence-corrected chi connectivity index (χ2v) is 5.38. The molecule has 3 rings (SSSR count). The maximum atomic E-state index is 13.8. The van der Waals surface area contributed by atoms with Gasteiger partial charge in [-0.25, -0.2) is 4.39 Å². The van der Waals surface area contributed by atoms with E-state index in [0.29, 0.717) is 15.8 Å². The Morgan fingerprint density at radius 3 is 2.76 bits per heavy atom. The summed E-state index contributed by atoms with van der Waals surface area (Å²) in [4.78, 5) is 12.4. The quantitative estimate of drug-likeness (QED) is 0.650. The predicted molar refractivity (Wildman–Crippen MR) is 80.3 cm³/mol. The Kier molecular flexibility index (Phi) is 3.51. The summed E-state index contributed by atoms with van der Waals surface area (Å²) in [6.45, 7) is 0. The maximum Gasteiger partial charge on any atom is 0.231 e. The van der Waals surface area contributed by atoms with Crippen LogP contribution in [0.1, 0.15) is 16.1 Å². The molecule has 0 aliphatic carbocycles. The van der Waals surface area contributed by atoms with Crippen molar-refractivity contribution >= 4 is 32.7 Å². The summed E-state index contributed by atoms with van der Waals surface area (Å²) in [5, 5.41) is 0.759. The highest BCUT2D eigenvalue weighted by molar-refractivity contribution is 9.10. The molecule has 0 saturated carbocycles. The fourth-order valence-corrected chi connectivity index (χ4v) is 2.42. The molecule has 0 unspecified atom stereocenters. The predicted octanol–water partition coefficient (Wildman–Crippen LogP) is 4.57. The Bertz CT molecular complexity index is 839. The van der Waals surface area contributed by atoms with Crippen LogP contribution in [0.3, 0.4) is 0 Å². The Labute approximate surface area is 128 Å². The van der Waals surface area contributed by atoms with Crippen LogP contribution in [0.15, 0.2) is 51.4 Å². The third-order valence-electron chi connectivity index (χ3n) is 3.12. The maximum absolute atomic E-state index is 13.8. The highest BCUT2D eigenvalue weighted by Gasteiger charge is 2.18. The molecular formula is C16H10BrFO3. The van der Waals surface area contributed by atoms with E-state index in [9.17, 15) is 9.18 Å². The number of benzene rings is 2. The van der Waals surface area contributed by atoms with E-state index in [0.717, 1.165) is 5.39 Å². The molecule has 0 saturated heterocycles. The van der Waals surface area contributed by atoms with Crippen molar-refractivity contribution in [3.05, 3.63) is 64.1 Å². The van der Waals surface area contributed by atoms with Gasteiger partial charge < -0.3 is 9.15 Å². The van der Waals surface area contributed by atoms with Gasteiger partial charge in [-0.05, 0) is 36.4 Å². The molecule has 0 spiro atoms. The molecule has 5 heteroatoms. The summed E-state index contributed by atoms with van der Waals surface area (Å²) in [7, 11) is 1.55. The van der Waals surface area contributed by atoms with Crippen LogP contribution in [0.2, 0.25) is 0 Å². The van der Waals surface area contributed by atoms with Crippen molar-refractivity contribution in [3.8, 4) is 5.75 Å². The second-order valence-electron chi connectivity index (χ2n) is 4.47. The number of furan rings is 1.